The van der Waals surface area contributed by atoms with Crippen molar-refractivity contribution in [2.75, 3.05) is 6.54 Å². The van der Waals surface area contributed by atoms with Gasteiger partial charge in [-0.05, 0) is 43.2 Å². The fraction of sp³-hybridized carbons (Fsp3) is 0.526. The van der Waals surface area contributed by atoms with Crippen molar-refractivity contribution in [3.8, 4) is 11.4 Å². The molecule has 3 N–H and O–H groups in total. The van der Waals surface area contributed by atoms with E-state index in [0.29, 0.717) is 30.9 Å². The maximum atomic E-state index is 13.6. The van der Waals surface area contributed by atoms with Crippen LogP contribution in [-0.4, -0.2) is 32.8 Å². The van der Waals surface area contributed by atoms with Gasteiger partial charge in [0.05, 0.1) is 5.56 Å². The SMILES string of the molecule is N/C(=N\O)N1CCC[C@H]1c1nc(-c2ccc(CCC3CC3)c(C(F)(F)F)c2)no1. The summed E-state index contributed by atoms with van der Waals surface area (Å²) in [7, 11) is 0. The number of rotatable bonds is 5. The summed E-state index contributed by atoms with van der Waals surface area (Å²) in [5.74, 6) is 0.812. The van der Waals surface area contributed by atoms with E-state index in [1.54, 1.807) is 11.0 Å². The number of halogens is 3. The molecule has 0 spiro atoms. The molecule has 1 aromatic heterocycles. The van der Waals surface area contributed by atoms with E-state index in [4.69, 9.17) is 15.5 Å². The molecule has 1 saturated carbocycles. The first-order valence-corrected chi connectivity index (χ1v) is 9.65. The number of likely N-dealkylation sites (tertiary alicyclic amines) is 1. The van der Waals surface area contributed by atoms with E-state index in [2.05, 4.69) is 15.3 Å². The van der Waals surface area contributed by atoms with Crippen LogP contribution in [0.5, 0.6) is 0 Å². The van der Waals surface area contributed by atoms with Crippen molar-refractivity contribution in [1.29, 1.82) is 0 Å². The Morgan fingerprint density at radius 2 is 2.10 bits per heavy atom. The maximum Gasteiger partial charge on any atom is 0.416 e. The lowest BCUT2D eigenvalue weighted by Crippen LogP contribution is -2.36. The Balaban J connectivity index is 1.60. The normalized spacial score (nSPS) is 20.4. The lowest BCUT2D eigenvalue weighted by Gasteiger charge is -2.21. The molecule has 1 saturated heterocycles. The largest absolute Gasteiger partial charge is 0.416 e. The molecule has 2 aromatic rings. The minimum Gasteiger partial charge on any atom is -0.408 e. The van der Waals surface area contributed by atoms with Crippen LogP contribution in [0.4, 0.5) is 13.2 Å². The topological polar surface area (TPSA) is 101 Å². The third kappa shape index (κ3) is 4.15. The van der Waals surface area contributed by atoms with Crippen LogP contribution in [-0.2, 0) is 12.6 Å². The fourth-order valence-corrected chi connectivity index (χ4v) is 3.81. The second kappa shape index (κ2) is 7.57. The molecule has 2 fully saturated rings. The molecule has 2 aliphatic rings. The van der Waals surface area contributed by atoms with Gasteiger partial charge in [-0.2, -0.15) is 18.2 Å². The van der Waals surface area contributed by atoms with Crippen molar-refractivity contribution in [2.24, 2.45) is 16.8 Å². The Morgan fingerprint density at radius 3 is 2.79 bits per heavy atom. The van der Waals surface area contributed by atoms with Crippen LogP contribution in [0.1, 0.15) is 55.2 Å². The predicted molar refractivity (Wildman–Crippen MR) is 97.9 cm³/mol. The Kier molecular flexibility index (Phi) is 5.10. The van der Waals surface area contributed by atoms with Gasteiger partial charge in [-0.25, -0.2) is 0 Å². The lowest BCUT2D eigenvalue weighted by atomic mass is 9.98. The molecule has 0 amide bonds. The Labute approximate surface area is 165 Å². The fourth-order valence-electron chi connectivity index (χ4n) is 3.81. The van der Waals surface area contributed by atoms with Gasteiger partial charge in [-0.3, -0.25) is 0 Å². The average Bonchev–Trinajstić information content (AvgIpc) is 3.18. The molecule has 7 nitrogen and oxygen atoms in total. The van der Waals surface area contributed by atoms with Crippen LogP contribution in [0.2, 0.25) is 0 Å². The van der Waals surface area contributed by atoms with Crippen molar-refractivity contribution in [3.05, 3.63) is 35.2 Å². The van der Waals surface area contributed by atoms with Gasteiger partial charge in [0.1, 0.15) is 6.04 Å². The van der Waals surface area contributed by atoms with Crippen LogP contribution in [0.3, 0.4) is 0 Å². The highest BCUT2D eigenvalue weighted by Gasteiger charge is 2.35. The van der Waals surface area contributed by atoms with Gasteiger partial charge in [-0.1, -0.05) is 35.3 Å². The Bertz CT molecular complexity index is 907. The first kappa shape index (κ1) is 19.5. The molecule has 1 aliphatic heterocycles. The predicted octanol–water partition coefficient (Wildman–Crippen LogP) is 3.94. The van der Waals surface area contributed by atoms with Gasteiger partial charge in [0.25, 0.3) is 0 Å². The molecule has 1 aromatic carbocycles. The summed E-state index contributed by atoms with van der Waals surface area (Å²) in [6, 6.07) is 3.83. The van der Waals surface area contributed by atoms with Gasteiger partial charge in [0.2, 0.25) is 17.7 Å². The van der Waals surface area contributed by atoms with Gasteiger partial charge in [0, 0.05) is 12.1 Å². The maximum absolute atomic E-state index is 13.6. The van der Waals surface area contributed by atoms with E-state index in [1.165, 1.54) is 6.07 Å². The summed E-state index contributed by atoms with van der Waals surface area (Å²) in [4.78, 5) is 5.91. The van der Waals surface area contributed by atoms with E-state index < -0.39 is 11.7 Å². The Hall–Kier alpha value is -2.78. The molecule has 4 rings (SSSR count). The molecular weight excluding hydrogens is 387 g/mol. The number of aryl methyl sites for hydroxylation is 1. The van der Waals surface area contributed by atoms with Gasteiger partial charge >= 0.3 is 6.18 Å². The van der Waals surface area contributed by atoms with Crippen LogP contribution in [0.15, 0.2) is 27.9 Å². The zero-order valence-electron chi connectivity index (χ0n) is 15.7. The number of alkyl halides is 3. The molecule has 1 aliphatic carbocycles. The molecule has 156 valence electrons. The number of benzene rings is 1. The molecule has 0 bridgehead atoms. The first-order chi connectivity index (χ1) is 13.9. The zero-order chi connectivity index (χ0) is 20.6. The number of hydrogen-bond acceptors (Lipinski definition) is 5. The second-order valence-electron chi connectivity index (χ2n) is 7.62. The van der Waals surface area contributed by atoms with Crippen molar-refractivity contribution < 1.29 is 22.9 Å². The van der Waals surface area contributed by atoms with Crippen LogP contribution >= 0.6 is 0 Å². The number of aromatic nitrogens is 2. The molecular formula is C19H22F3N5O2. The highest BCUT2D eigenvalue weighted by molar-refractivity contribution is 5.78. The summed E-state index contributed by atoms with van der Waals surface area (Å²) < 4.78 is 46.1. The highest BCUT2D eigenvalue weighted by Crippen LogP contribution is 2.38. The van der Waals surface area contributed by atoms with Gasteiger partial charge < -0.3 is 20.4 Å². The molecule has 29 heavy (non-hydrogen) atoms. The van der Waals surface area contributed by atoms with E-state index in [0.717, 1.165) is 31.7 Å². The summed E-state index contributed by atoms with van der Waals surface area (Å²) in [5.41, 5.74) is 5.56. The molecule has 1 atom stereocenters. The van der Waals surface area contributed by atoms with Crippen LogP contribution in [0.25, 0.3) is 11.4 Å². The summed E-state index contributed by atoms with van der Waals surface area (Å²) in [5, 5.41) is 15.8. The standard InChI is InChI=1S/C19H22F3N5O2/c20-19(21,22)14-10-13(8-7-12(14)6-5-11-3-4-11)16-24-17(29-26-16)15-2-1-9-27(15)18(23)25-28/h7-8,10-11,15,28H,1-6,9H2,(H2,23,25)/t15-/m0/s1. The van der Waals surface area contributed by atoms with Crippen molar-refractivity contribution in [3.63, 3.8) is 0 Å². The number of oxime groups is 1. The van der Waals surface area contributed by atoms with Crippen molar-refractivity contribution in [1.82, 2.24) is 15.0 Å². The number of guanidine groups is 1. The third-order valence-electron chi connectivity index (χ3n) is 5.57. The number of nitrogens with two attached hydrogens (primary N) is 1. The molecule has 10 heteroatoms. The van der Waals surface area contributed by atoms with E-state index >= 15 is 0 Å². The van der Waals surface area contributed by atoms with Crippen LogP contribution in [0, 0.1) is 5.92 Å². The summed E-state index contributed by atoms with van der Waals surface area (Å²) in [6.07, 6.45) is 0.395. The summed E-state index contributed by atoms with van der Waals surface area (Å²) >= 11 is 0. The van der Waals surface area contributed by atoms with Gasteiger partial charge in [0.15, 0.2) is 0 Å². The minimum absolute atomic E-state index is 0.0633. The van der Waals surface area contributed by atoms with E-state index in [9.17, 15) is 13.2 Å². The van der Waals surface area contributed by atoms with E-state index in [1.807, 2.05) is 0 Å². The van der Waals surface area contributed by atoms with Gasteiger partial charge in [-0.15, -0.1) is 0 Å². The second-order valence-corrected chi connectivity index (χ2v) is 7.62. The number of nitrogens with zero attached hydrogens (tertiary/aromatic N) is 4. The average molecular weight is 409 g/mol. The summed E-state index contributed by atoms with van der Waals surface area (Å²) in [6.45, 7) is 0.562. The molecule has 0 unspecified atom stereocenters. The minimum atomic E-state index is -4.45. The lowest BCUT2D eigenvalue weighted by molar-refractivity contribution is -0.138. The monoisotopic (exact) mass is 409 g/mol. The van der Waals surface area contributed by atoms with Crippen molar-refractivity contribution in [2.45, 2.75) is 50.7 Å². The zero-order valence-corrected chi connectivity index (χ0v) is 15.7. The van der Waals surface area contributed by atoms with E-state index in [-0.39, 0.29) is 29.3 Å². The van der Waals surface area contributed by atoms with Crippen LogP contribution < -0.4 is 5.73 Å². The molecule has 2 heterocycles. The smallest absolute Gasteiger partial charge is 0.408 e. The highest BCUT2D eigenvalue weighted by atomic mass is 19.4. The number of hydrogen-bond donors (Lipinski definition) is 2. The Morgan fingerprint density at radius 1 is 1.31 bits per heavy atom. The first-order valence-electron chi connectivity index (χ1n) is 9.65. The van der Waals surface area contributed by atoms with Crippen molar-refractivity contribution >= 4 is 5.96 Å². The third-order valence-corrected chi connectivity index (χ3v) is 5.57. The quantitative estimate of drug-likeness (QED) is 0.336. The molecule has 0 radical (unpaired) electrons.